The summed E-state index contributed by atoms with van der Waals surface area (Å²) >= 11 is 0. The van der Waals surface area contributed by atoms with Crippen molar-refractivity contribution in [1.82, 2.24) is 9.55 Å². The van der Waals surface area contributed by atoms with Gasteiger partial charge in [0.05, 0.1) is 0 Å². The molecule has 0 spiro atoms. The van der Waals surface area contributed by atoms with Gasteiger partial charge in [-0.25, -0.2) is 4.98 Å². The van der Waals surface area contributed by atoms with E-state index in [-0.39, 0.29) is 0 Å². The van der Waals surface area contributed by atoms with Crippen molar-refractivity contribution in [3.05, 3.63) is 17.7 Å². The number of hydrogen-bond donors (Lipinski definition) is 0. The van der Waals surface area contributed by atoms with Crippen LogP contribution in [0.4, 0.5) is 0 Å². The molecule has 1 aromatic heterocycles. The Balaban J connectivity index is 2.20. The molecule has 1 unspecified atom stereocenters. The second kappa shape index (κ2) is 3.76. The van der Waals surface area contributed by atoms with Crippen molar-refractivity contribution in [1.29, 1.82) is 0 Å². The van der Waals surface area contributed by atoms with Crippen LogP contribution in [0.1, 0.15) is 38.7 Å². The summed E-state index contributed by atoms with van der Waals surface area (Å²) in [6, 6.07) is 0. The van der Waals surface area contributed by atoms with E-state index in [9.17, 15) is 0 Å². The normalized spacial score (nSPS) is 21.3. The molecule has 2 nitrogen and oxygen atoms in total. The Hall–Kier alpha value is -0.790. The van der Waals surface area contributed by atoms with Crippen molar-refractivity contribution in [2.24, 2.45) is 11.8 Å². The lowest BCUT2D eigenvalue weighted by Gasteiger charge is -2.27. The van der Waals surface area contributed by atoms with Crippen molar-refractivity contribution in [3.63, 3.8) is 0 Å². The van der Waals surface area contributed by atoms with Crippen molar-refractivity contribution in [2.45, 2.75) is 46.6 Å². The van der Waals surface area contributed by atoms with Crippen molar-refractivity contribution >= 4 is 0 Å². The van der Waals surface area contributed by atoms with Gasteiger partial charge in [-0.15, -0.1) is 0 Å². The van der Waals surface area contributed by atoms with E-state index in [1.165, 1.54) is 30.9 Å². The first-order chi connectivity index (χ1) is 6.72. The van der Waals surface area contributed by atoms with E-state index >= 15 is 0 Å². The van der Waals surface area contributed by atoms with Crippen LogP contribution >= 0.6 is 0 Å². The molecular weight excluding hydrogens is 172 g/mol. The molecule has 0 bridgehead atoms. The molecule has 2 heterocycles. The minimum Gasteiger partial charge on any atom is -0.332 e. The van der Waals surface area contributed by atoms with Gasteiger partial charge in [0.1, 0.15) is 5.82 Å². The molecule has 2 heteroatoms. The number of rotatable bonds is 2. The second-order valence-electron chi connectivity index (χ2n) is 4.67. The van der Waals surface area contributed by atoms with Gasteiger partial charge in [0, 0.05) is 24.9 Å². The number of hydrogen-bond acceptors (Lipinski definition) is 1. The van der Waals surface area contributed by atoms with Crippen LogP contribution < -0.4 is 0 Å². The van der Waals surface area contributed by atoms with Gasteiger partial charge in [0.2, 0.25) is 0 Å². The van der Waals surface area contributed by atoms with Crippen LogP contribution in [0.5, 0.6) is 0 Å². The Morgan fingerprint density at radius 2 is 2.36 bits per heavy atom. The Morgan fingerprint density at radius 3 is 3.00 bits per heavy atom. The van der Waals surface area contributed by atoms with Crippen molar-refractivity contribution in [2.75, 3.05) is 0 Å². The lowest BCUT2D eigenvalue weighted by Crippen LogP contribution is -2.23. The zero-order chi connectivity index (χ0) is 10.1. The monoisotopic (exact) mass is 192 g/mol. The average molecular weight is 192 g/mol. The van der Waals surface area contributed by atoms with Gasteiger partial charge in [0.15, 0.2) is 0 Å². The Labute approximate surface area is 86.3 Å². The summed E-state index contributed by atoms with van der Waals surface area (Å²) in [5.74, 6) is 2.94. The molecule has 1 atom stereocenters. The number of nitrogens with zero attached hydrogens (tertiary/aromatic N) is 2. The number of imidazole rings is 1. The maximum Gasteiger partial charge on any atom is 0.108 e. The van der Waals surface area contributed by atoms with E-state index < -0.39 is 0 Å². The molecule has 0 N–H and O–H groups in total. The fourth-order valence-electron chi connectivity index (χ4n) is 2.41. The van der Waals surface area contributed by atoms with Crippen LogP contribution in [-0.2, 0) is 19.4 Å². The lowest BCUT2D eigenvalue weighted by atomic mass is 9.86. The summed E-state index contributed by atoms with van der Waals surface area (Å²) in [6.07, 6.45) is 5.69. The molecule has 0 saturated heterocycles. The molecule has 1 aliphatic heterocycles. The van der Waals surface area contributed by atoms with E-state index in [1.54, 1.807) is 0 Å². The highest BCUT2D eigenvalue weighted by Crippen LogP contribution is 2.27. The van der Waals surface area contributed by atoms with E-state index in [1.807, 2.05) is 0 Å². The number of fused-ring (bicyclic) bond motifs is 1. The first-order valence-electron chi connectivity index (χ1n) is 5.75. The van der Waals surface area contributed by atoms with Gasteiger partial charge < -0.3 is 4.57 Å². The summed E-state index contributed by atoms with van der Waals surface area (Å²) < 4.78 is 2.42. The molecule has 0 saturated carbocycles. The van der Waals surface area contributed by atoms with E-state index in [0.29, 0.717) is 0 Å². The zero-order valence-corrected chi connectivity index (χ0v) is 9.45. The second-order valence-corrected chi connectivity index (χ2v) is 4.67. The van der Waals surface area contributed by atoms with Crippen LogP contribution in [-0.4, -0.2) is 9.55 Å². The van der Waals surface area contributed by atoms with Crippen LogP contribution in [0.15, 0.2) is 6.20 Å². The van der Waals surface area contributed by atoms with Gasteiger partial charge in [-0.1, -0.05) is 20.8 Å². The summed E-state index contributed by atoms with van der Waals surface area (Å²) in [5, 5.41) is 0. The molecule has 1 aromatic rings. The van der Waals surface area contributed by atoms with E-state index in [0.717, 1.165) is 18.3 Å². The molecule has 2 rings (SSSR count). The Kier molecular flexibility index (Phi) is 2.62. The van der Waals surface area contributed by atoms with Gasteiger partial charge >= 0.3 is 0 Å². The maximum atomic E-state index is 4.47. The van der Waals surface area contributed by atoms with E-state index in [4.69, 9.17) is 0 Å². The Bertz CT molecular complexity index is 312. The summed E-state index contributed by atoms with van der Waals surface area (Å²) in [6.45, 7) is 8.03. The third-order valence-corrected chi connectivity index (χ3v) is 3.47. The molecule has 0 fully saturated rings. The molecule has 0 aliphatic carbocycles. The third kappa shape index (κ3) is 1.58. The molecule has 78 valence electrons. The smallest absolute Gasteiger partial charge is 0.108 e. The highest BCUT2D eigenvalue weighted by Gasteiger charge is 2.22. The van der Waals surface area contributed by atoms with Crippen molar-refractivity contribution < 1.29 is 0 Å². The quantitative estimate of drug-likeness (QED) is 0.704. The number of aryl methyl sites for hydroxylation is 1. The lowest BCUT2D eigenvalue weighted by molar-refractivity contribution is 0.300. The number of aromatic nitrogens is 2. The van der Waals surface area contributed by atoms with Gasteiger partial charge in [-0.2, -0.15) is 0 Å². The van der Waals surface area contributed by atoms with Gasteiger partial charge in [-0.3, -0.25) is 0 Å². The molecular formula is C12H20N2. The van der Waals surface area contributed by atoms with E-state index in [2.05, 4.69) is 36.5 Å². The highest BCUT2D eigenvalue weighted by atomic mass is 15.1. The molecule has 14 heavy (non-hydrogen) atoms. The predicted molar refractivity (Wildman–Crippen MR) is 58.3 cm³/mol. The first-order valence-corrected chi connectivity index (χ1v) is 5.75. The average Bonchev–Trinajstić information content (AvgIpc) is 2.59. The van der Waals surface area contributed by atoms with Crippen LogP contribution in [0.25, 0.3) is 0 Å². The molecule has 0 radical (unpaired) electrons. The Morgan fingerprint density at radius 1 is 1.57 bits per heavy atom. The predicted octanol–water partition coefficient (Wildman–Crippen LogP) is 2.66. The topological polar surface area (TPSA) is 17.8 Å². The molecule has 0 aromatic carbocycles. The fourth-order valence-corrected chi connectivity index (χ4v) is 2.41. The minimum absolute atomic E-state index is 0.809. The summed E-state index contributed by atoms with van der Waals surface area (Å²) in [7, 11) is 0. The summed E-state index contributed by atoms with van der Waals surface area (Å²) in [5.41, 5.74) is 1.45. The molecule has 1 aliphatic rings. The highest BCUT2D eigenvalue weighted by molar-refractivity contribution is 5.09. The SMILES string of the molecule is CCc1ncc2n1CCC(C(C)C)C2. The standard InChI is InChI=1S/C12H20N2/c1-4-12-13-8-11-7-10(9(2)3)5-6-14(11)12/h8-10H,4-7H2,1-3H3. The molecule has 0 amide bonds. The first kappa shape index (κ1) is 9.75. The van der Waals surface area contributed by atoms with Crippen LogP contribution in [0.3, 0.4) is 0 Å². The maximum absolute atomic E-state index is 4.47. The van der Waals surface area contributed by atoms with Gasteiger partial charge in [0.25, 0.3) is 0 Å². The van der Waals surface area contributed by atoms with Crippen LogP contribution in [0.2, 0.25) is 0 Å². The third-order valence-electron chi connectivity index (χ3n) is 3.47. The fraction of sp³-hybridized carbons (Fsp3) is 0.750. The van der Waals surface area contributed by atoms with Gasteiger partial charge in [-0.05, 0) is 24.7 Å². The van der Waals surface area contributed by atoms with Crippen LogP contribution in [0, 0.1) is 11.8 Å². The summed E-state index contributed by atoms with van der Waals surface area (Å²) in [4.78, 5) is 4.47. The minimum atomic E-state index is 0.809. The zero-order valence-electron chi connectivity index (χ0n) is 9.45. The van der Waals surface area contributed by atoms with Crippen molar-refractivity contribution in [3.8, 4) is 0 Å². The largest absolute Gasteiger partial charge is 0.332 e.